The van der Waals surface area contributed by atoms with Gasteiger partial charge in [0.25, 0.3) is 0 Å². The number of hydrogen-bond donors (Lipinski definition) is 1. The Morgan fingerprint density at radius 2 is 2.36 bits per heavy atom. The summed E-state index contributed by atoms with van der Waals surface area (Å²) in [6.07, 6.45) is 9.09. The van der Waals surface area contributed by atoms with Crippen LogP contribution >= 0.6 is 0 Å². The van der Waals surface area contributed by atoms with E-state index in [-0.39, 0.29) is 0 Å². The van der Waals surface area contributed by atoms with Gasteiger partial charge in [-0.05, 0) is 30.3 Å². The average Bonchev–Trinajstić information content (AvgIpc) is 2.60. The molecule has 3 heteroatoms. The molecule has 1 heterocycles. The summed E-state index contributed by atoms with van der Waals surface area (Å²) in [5, 5.41) is 4.10. The molecular weight excluding hydrogens is 174 g/mol. The highest BCUT2D eigenvalue weighted by atomic mass is 15.2. The van der Waals surface area contributed by atoms with Crippen LogP contribution in [0.15, 0.2) is 42.9 Å². The lowest BCUT2D eigenvalue weighted by Gasteiger charge is -1.97. The van der Waals surface area contributed by atoms with Crippen molar-refractivity contribution >= 4 is 5.57 Å². The Labute approximate surface area is 84.2 Å². The lowest BCUT2D eigenvalue weighted by atomic mass is 10.1. The van der Waals surface area contributed by atoms with Crippen molar-refractivity contribution in [1.29, 1.82) is 0 Å². The largest absolute Gasteiger partial charge is 0.404 e. The zero-order valence-electron chi connectivity index (χ0n) is 8.57. The molecule has 2 N–H and O–H groups in total. The second-order valence-electron chi connectivity index (χ2n) is 3.12. The van der Waals surface area contributed by atoms with Crippen molar-refractivity contribution in [2.24, 2.45) is 12.8 Å². The molecule has 0 unspecified atom stereocenters. The van der Waals surface area contributed by atoms with Crippen molar-refractivity contribution in [3.63, 3.8) is 0 Å². The molecule has 0 spiro atoms. The van der Waals surface area contributed by atoms with Gasteiger partial charge in [-0.15, -0.1) is 0 Å². The van der Waals surface area contributed by atoms with Gasteiger partial charge < -0.3 is 5.73 Å². The topological polar surface area (TPSA) is 43.8 Å². The van der Waals surface area contributed by atoms with Gasteiger partial charge in [0.2, 0.25) is 0 Å². The maximum atomic E-state index is 5.40. The highest BCUT2D eigenvalue weighted by Crippen LogP contribution is 2.16. The molecule has 0 aliphatic rings. The quantitative estimate of drug-likeness (QED) is 0.737. The van der Waals surface area contributed by atoms with E-state index >= 15 is 0 Å². The van der Waals surface area contributed by atoms with Gasteiger partial charge in [-0.3, -0.25) is 4.68 Å². The highest BCUT2D eigenvalue weighted by Gasteiger charge is 1.99. The third-order valence-corrected chi connectivity index (χ3v) is 1.90. The number of nitrogens with zero attached hydrogens (tertiary/aromatic N) is 2. The normalized spacial score (nSPS) is 13.0. The third kappa shape index (κ3) is 2.36. The van der Waals surface area contributed by atoms with E-state index in [9.17, 15) is 0 Å². The van der Waals surface area contributed by atoms with Crippen LogP contribution < -0.4 is 5.73 Å². The summed E-state index contributed by atoms with van der Waals surface area (Å²) in [5.74, 6) is 0. The van der Waals surface area contributed by atoms with Gasteiger partial charge in [0, 0.05) is 18.8 Å². The predicted octanol–water partition coefficient (Wildman–Crippen LogP) is 1.85. The fourth-order valence-corrected chi connectivity index (χ4v) is 1.12. The number of aryl methyl sites for hydroxylation is 1. The van der Waals surface area contributed by atoms with Crippen molar-refractivity contribution in [2.75, 3.05) is 0 Å². The number of rotatable bonds is 3. The molecule has 0 saturated carbocycles. The van der Waals surface area contributed by atoms with E-state index in [1.54, 1.807) is 23.2 Å². The molecule has 0 aliphatic carbocycles. The van der Waals surface area contributed by atoms with Crippen molar-refractivity contribution in [3.8, 4) is 0 Å². The minimum Gasteiger partial charge on any atom is -0.404 e. The lowest BCUT2D eigenvalue weighted by molar-refractivity contribution is 0.767. The van der Waals surface area contributed by atoms with Crippen LogP contribution in [0.25, 0.3) is 5.57 Å². The first-order valence-corrected chi connectivity index (χ1v) is 4.39. The summed E-state index contributed by atoms with van der Waals surface area (Å²) in [5.41, 5.74) is 8.47. The van der Waals surface area contributed by atoms with Crippen LogP contribution in [0, 0.1) is 0 Å². The maximum Gasteiger partial charge on any atom is 0.0568 e. The summed E-state index contributed by atoms with van der Waals surface area (Å²) >= 11 is 0. The van der Waals surface area contributed by atoms with E-state index in [1.165, 1.54) is 0 Å². The first-order chi connectivity index (χ1) is 6.67. The molecule has 0 aromatic carbocycles. The van der Waals surface area contributed by atoms with Crippen molar-refractivity contribution in [1.82, 2.24) is 9.78 Å². The molecule has 0 bridgehead atoms. The van der Waals surface area contributed by atoms with Crippen LogP contribution in [0.2, 0.25) is 0 Å². The number of hydrogen-bond acceptors (Lipinski definition) is 2. The number of nitrogens with two attached hydrogens (primary N) is 1. The van der Waals surface area contributed by atoms with Gasteiger partial charge in [0.1, 0.15) is 0 Å². The summed E-state index contributed by atoms with van der Waals surface area (Å²) in [6, 6.07) is 0. The Morgan fingerprint density at radius 3 is 2.79 bits per heavy atom. The standard InChI is InChI=1S/C11H15N3/c1-4-10(5-9(2)6-12)11-7-13-14(3)8-11/h4-8H,1,12H2,2-3H3/b9-6-,10-5+. The highest BCUT2D eigenvalue weighted by molar-refractivity contribution is 5.74. The molecule has 0 saturated heterocycles. The smallest absolute Gasteiger partial charge is 0.0568 e. The van der Waals surface area contributed by atoms with E-state index in [0.717, 1.165) is 16.7 Å². The van der Waals surface area contributed by atoms with E-state index in [2.05, 4.69) is 11.7 Å². The Morgan fingerprint density at radius 1 is 1.64 bits per heavy atom. The molecule has 0 radical (unpaired) electrons. The molecule has 3 nitrogen and oxygen atoms in total. The number of allylic oxidation sites excluding steroid dienone is 4. The van der Waals surface area contributed by atoms with Gasteiger partial charge in [-0.2, -0.15) is 5.10 Å². The fraction of sp³-hybridized carbons (Fsp3) is 0.182. The summed E-state index contributed by atoms with van der Waals surface area (Å²) < 4.78 is 1.76. The van der Waals surface area contributed by atoms with Crippen molar-refractivity contribution in [2.45, 2.75) is 6.92 Å². The second-order valence-corrected chi connectivity index (χ2v) is 3.12. The monoisotopic (exact) mass is 189 g/mol. The first-order valence-electron chi connectivity index (χ1n) is 4.39. The fourth-order valence-electron chi connectivity index (χ4n) is 1.12. The van der Waals surface area contributed by atoms with Crippen LogP contribution in [0.5, 0.6) is 0 Å². The zero-order chi connectivity index (χ0) is 10.6. The molecule has 0 aliphatic heterocycles. The van der Waals surface area contributed by atoms with Gasteiger partial charge >= 0.3 is 0 Å². The average molecular weight is 189 g/mol. The lowest BCUT2D eigenvalue weighted by Crippen LogP contribution is -1.85. The molecule has 0 amide bonds. The minimum atomic E-state index is 1.00. The predicted molar refractivity (Wildman–Crippen MR) is 59.3 cm³/mol. The Kier molecular flexibility index (Phi) is 3.29. The van der Waals surface area contributed by atoms with E-state index in [0.29, 0.717) is 0 Å². The second kappa shape index (κ2) is 4.46. The Bertz CT molecular complexity index is 383. The molecule has 14 heavy (non-hydrogen) atoms. The summed E-state index contributed by atoms with van der Waals surface area (Å²) in [4.78, 5) is 0. The number of aromatic nitrogens is 2. The van der Waals surface area contributed by atoms with Crippen LogP contribution in [0.3, 0.4) is 0 Å². The van der Waals surface area contributed by atoms with Gasteiger partial charge in [0.15, 0.2) is 0 Å². The van der Waals surface area contributed by atoms with Crippen LogP contribution in [0.4, 0.5) is 0 Å². The van der Waals surface area contributed by atoms with Crippen LogP contribution in [-0.2, 0) is 7.05 Å². The maximum absolute atomic E-state index is 5.40. The summed E-state index contributed by atoms with van der Waals surface area (Å²) in [6.45, 7) is 5.70. The van der Waals surface area contributed by atoms with E-state index in [4.69, 9.17) is 5.73 Å². The van der Waals surface area contributed by atoms with Crippen LogP contribution in [0.1, 0.15) is 12.5 Å². The van der Waals surface area contributed by atoms with E-state index < -0.39 is 0 Å². The third-order valence-electron chi connectivity index (χ3n) is 1.90. The Balaban J connectivity index is 3.04. The SMILES string of the molecule is C=C/C(=C\C(C)=C/N)c1cnn(C)c1. The summed E-state index contributed by atoms with van der Waals surface area (Å²) in [7, 11) is 1.88. The first kappa shape index (κ1) is 10.3. The van der Waals surface area contributed by atoms with Gasteiger partial charge in [-0.25, -0.2) is 0 Å². The zero-order valence-corrected chi connectivity index (χ0v) is 8.57. The molecular formula is C11H15N3. The molecule has 0 fully saturated rings. The molecule has 74 valence electrons. The molecule has 0 atom stereocenters. The Hall–Kier alpha value is -1.77. The molecule has 1 rings (SSSR count). The molecule has 1 aromatic rings. The van der Waals surface area contributed by atoms with Gasteiger partial charge in [0.05, 0.1) is 6.20 Å². The minimum absolute atomic E-state index is 1.00. The van der Waals surface area contributed by atoms with Crippen LogP contribution in [-0.4, -0.2) is 9.78 Å². The molecule has 1 aromatic heterocycles. The van der Waals surface area contributed by atoms with Crippen molar-refractivity contribution < 1.29 is 0 Å². The van der Waals surface area contributed by atoms with E-state index in [1.807, 2.05) is 26.2 Å². The van der Waals surface area contributed by atoms with Crippen molar-refractivity contribution in [3.05, 3.63) is 48.5 Å². The van der Waals surface area contributed by atoms with Gasteiger partial charge in [-0.1, -0.05) is 12.7 Å².